The quantitative estimate of drug-likeness (QED) is 0.563. The molecule has 0 aliphatic rings. The summed E-state index contributed by atoms with van der Waals surface area (Å²) in [7, 11) is -6.09. The van der Waals surface area contributed by atoms with E-state index in [1.54, 1.807) is 0 Å². The molecule has 0 saturated heterocycles. The van der Waals surface area contributed by atoms with E-state index in [9.17, 15) is 13.2 Å². The van der Waals surface area contributed by atoms with Crippen LogP contribution in [0.4, 0.5) is 13.2 Å². The molecule has 1 aromatic rings. The molecule has 0 aliphatic carbocycles. The summed E-state index contributed by atoms with van der Waals surface area (Å²) in [5.74, 6) is 0. The third kappa shape index (κ3) is 5.19. The molecular weight excluding hydrogens is 293 g/mol. The van der Waals surface area contributed by atoms with E-state index >= 15 is 0 Å². The SMILES string of the molecule is Brc1[nH]cc[nH+]1.O=S(=O)([O-])C(F)(F)F. The first-order chi connectivity index (χ1) is 6.14. The minimum atomic E-state index is -6.09. The monoisotopic (exact) mass is 296 g/mol. The van der Waals surface area contributed by atoms with Gasteiger partial charge < -0.3 is 4.55 Å². The fraction of sp³-hybridized carbons (Fsp3) is 0.250. The van der Waals surface area contributed by atoms with Gasteiger partial charge in [-0.05, 0) is 0 Å². The fourth-order valence-electron chi connectivity index (χ4n) is 0.271. The summed E-state index contributed by atoms with van der Waals surface area (Å²) in [6, 6.07) is 0. The van der Waals surface area contributed by atoms with Gasteiger partial charge in [0.05, 0.1) is 0 Å². The van der Waals surface area contributed by atoms with E-state index < -0.39 is 15.6 Å². The number of alkyl halides is 3. The van der Waals surface area contributed by atoms with E-state index in [1.807, 2.05) is 12.4 Å². The molecule has 1 rings (SSSR count). The van der Waals surface area contributed by atoms with Crippen molar-refractivity contribution in [1.29, 1.82) is 0 Å². The number of nitrogens with one attached hydrogen (secondary N) is 2. The van der Waals surface area contributed by atoms with Crippen LogP contribution in [0, 0.1) is 0 Å². The highest BCUT2D eigenvalue weighted by atomic mass is 79.9. The van der Waals surface area contributed by atoms with Crippen molar-refractivity contribution in [2.45, 2.75) is 5.51 Å². The van der Waals surface area contributed by atoms with Crippen LogP contribution < -0.4 is 4.98 Å². The summed E-state index contributed by atoms with van der Waals surface area (Å²) in [4.78, 5) is 5.72. The molecule has 10 heteroatoms. The molecule has 0 unspecified atom stereocenters. The van der Waals surface area contributed by atoms with Crippen molar-refractivity contribution in [3.8, 4) is 0 Å². The third-order valence-corrected chi connectivity index (χ3v) is 1.81. The molecule has 0 bridgehead atoms. The zero-order chi connectivity index (χ0) is 11.4. The average molecular weight is 297 g/mol. The van der Waals surface area contributed by atoms with Gasteiger partial charge in [-0.2, -0.15) is 13.2 Å². The number of hydrogen-bond donors (Lipinski definition) is 1. The smallest absolute Gasteiger partial charge is 0.485 e. The van der Waals surface area contributed by atoms with Crippen molar-refractivity contribution < 1.29 is 31.1 Å². The average Bonchev–Trinajstić information content (AvgIpc) is 2.35. The molecule has 5 nitrogen and oxygen atoms in total. The first kappa shape index (κ1) is 13.4. The lowest BCUT2D eigenvalue weighted by molar-refractivity contribution is -0.390. The molecule has 1 heterocycles. The molecule has 0 spiro atoms. The summed E-state index contributed by atoms with van der Waals surface area (Å²) in [6.07, 6.45) is 3.62. The molecule has 0 aliphatic heterocycles. The predicted octanol–water partition coefficient (Wildman–Crippen LogP) is 0.643. The molecule has 0 radical (unpaired) electrons. The molecule has 0 amide bonds. The maximum Gasteiger partial charge on any atom is 0.485 e. The van der Waals surface area contributed by atoms with Gasteiger partial charge in [0.1, 0.15) is 12.4 Å². The van der Waals surface area contributed by atoms with Gasteiger partial charge in [0.2, 0.25) is 0 Å². The van der Waals surface area contributed by atoms with Crippen LogP contribution in [0.25, 0.3) is 0 Å². The van der Waals surface area contributed by atoms with Crippen molar-refractivity contribution >= 4 is 26.0 Å². The van der Waals surface area contributed by atoms with Crippen molar-refractivity contribution in [3.63, 3.8) is 0 Å². The van der Waals surface area contributed by atoms with Gasteiger partial charge in [0.25, 0.3) is 0 Å². The molecule has 0 aromatic carbocycles. The second kappa shape index (κ2) is 4.75. The normalized spacial score (nSPS) is 11.8. The predicted molar refractivity (Wildman–Crippen MR) is 40.8 cm³/mol. The Morgan fingerprint density at radius 1 is 1.50 bits per heavy atom. The first-order valence-corrected chi connectivity index (χ1v) is 5.07. The lowest BCUT2D eigenvalue weighted by atomic mass is 11.0. The van der Waals surface area contributed by atoms with E-state index in [0.717, 1.165) is 4.73 Å². The number of H-pyrrole nitrogens is 2. The standard InChI is InChI=1S/C3H3BrN2.CHF3O3S/c4-3-5-1-2-6-3;2-1(3,4)8(5,6)7/h1-2H,(H,5,6);(H,5,6,7). The molecular formula is C4H4BrF3N2O3S. The number of halogens is 4. The van der Waals surface area contributed by atoms with Crippen LogP contribution in [0.3, 0.4) is 0 Å². The van der Waals surface area contributed by atoms with E-state index in [-0.39, 0.29) is 0 Å². The van der Waals surface area contributed by atoms with Crippen LogP contribution in [-0.2, 0) is 10.1 Å². The third-order valence-electron chi connectivity index (χ3n) is 0.787. The van der Waals surface area contributed by atoms with Crippen LogP contribution in [0.5, 0.6) is 0 Å². The van der Waals surface area contributed by atoms with Gasteiger partial charge in [-0.25, -0.2) is 18.4 Å². The van der Waals surface area contributed by atoms with Gasteiger partial charge in [0.15, 0.2) is 10.1 Å². The molecule has 2 N–H and O–H groups in total. The van der Waals surface area contributed by atoms with Crippen LogP contribution in [0.2, 0.25) is 0 Å². The highest BCUT2D eigenvalue weighted by molar-refractivity contribution is 9.10. The zero-order valence-corrected chi connectivity index (χ0v) is 8.70. The number of aromatic nitrogens is 2. The Hall–Kier alpha value is -0.610. The van der Waals surface area contributed by atoms with Crippen LogP contribution in [-0.4, -0.2) is 23.5 Å². The Bertz CT molecular complexity index is 360. The highest BCUT2D eigenvalue weighted by Crippen LogP contribution is 2.20. The van der Waals surface area contributed by atoms with Crippen LogP contribution in [0.1, 0.15) is 0 Å². The Kier molecular flexibility index (Phi) is 4.55. The van der Waals surface area contributed by atoms with Gasteiger partial charge in [0, 0.05) is 15.9 Å². The van der Waals surface area contributed by atoms with Crippen LogP contribution >= 0.6 is 15.9 Å². The summed E-state index contributed by atoms with van der Waals surface area (Å²) < 4.78 is 59.8. The zero-order valence-electron chi connectivity index (χ0n) is 6.30. The minimum Gasteiger partial charge on any atom is -0.741 e. The highest BCUT2D eigenvalue weighted by Gasteiger charge is 2.36. The van der Waals surface area contributed by atoms with E-state index in [0.29, 0.717) is 0 Å². The van der Waals surface area contributed by atoms with Gasteiger partial charge in [-0.3, -0.25) is 0 Å². The Balaban J connectivity index is 0.000000249. The number of hydrogen-bond acceptors (Lipinski definition) is 3. The van der Waals surface area contributed by atoms with E-state index in [2.05, 4.69) is 25.9 Å². The van der Waals surface area contributed by atoms with Crippen molar-refractivity contribution in [1.82, 2.24) is 4.98 Å². The van der Waals surface area contributed by atoms with Crippen LogP contribution in [0.15, 0.2) is 17.1 Å². The summed E-state index contributed by atoms with van der Waals surface area (Å²) in [5.41, 5.74) is -5.65. The van der Waals surface area contributed by atoms with Gasteiger partial charge in [-0.1, -0.05) is 0 Å². The van der Waals surface area contributed by atoms with E-state index in [4.69, 9.17) is 13.0 Å². The maximum atomic E-state index is 10.7. The van der Waals surface area contributed by atoms with Gasteiger partial charge >= 0.3 is 10.2 Å². The number of aromatic amines is 2. The lowest BCUT2D eigenvalue weighted by Gasteiger charge is -2.08. The lowest BCUT2D eigenvalue weighted by Crippen LogP contribution is -2.21. The maximum absolute atomic E-state index is 10.7. The second-order valence-electron chi connectivity index (χ2n) is 1.84. The molecule has 1 aromatic heterocycles. The van der Waals surface area contributed by atoms with Crippen molar-refractivity contribution in [3.05, 3.63) is 17.1 Å². The number of rotatable bonds is 0. The van der Waals surface area contributed by atoms with E-state index in [1.165, 1.54) is 0 Å². The molecule has 14 heavy (non-hydrogen) atoms. The topological polar surface area (TPSA) is 87.1 Å². The van der Waals surface area contributed by atoms with Crippen molar-refractivity contribution in [2.75, 3.05) is 0 Å². The Morgan fingerprint density at radius 2 is 1.93 bits per heavy atom. The molecule has 0 atom stereocenters. The molecule has 0 fully saturated rings. The first-order valence-electron chi connectivity index (χ1n) is 2.87. The second-order valence-corrected chi connectivity index (χ2v) is 4.00. The molecule has 82 valence electrons. The van der Waals surface area contributed by atoms with Gasteiger partial charge in [-0.15, -0.1) is 0 Å². The fourth-order valence-corrected chi connectivity index (χ4v) is 0.536. The summed E-state index contributed by atoms with van der Waals surface area (Å²) >= 11 is 3.17. The Labute approximate surface area is 85.2 Å². The largest absolute Gasteiger partial charge is 0.741 e. The summed E-state index contributed by atoms with van der Waals surface area (Å²) in [6.45, 7) is 0. The number of imidazole rings is 1. The summed E-state index contributed by atoms with van der Waals surface area (Å²) in [5, 5.41) is 0. The van der Waals surface area contributed by atoms with Crippen molar-refractivity contribution in [2.24, 2.45) is 0 Å². The molecule has 0 saturated carbocycles. The Morgan fingerprint density at radius 3 is 2.00 bits per heavy atom. The minimum absolute atomic E-state index is 0.905.